The second-order valence-electron chi connectivity index (χ2n) is 15.7. The lowest BCUT2D eigenvalue weighted by molar-refractivity contribution is 0.664. The number of benzene rings is 9. The van der Waals surface area contributed by atoms with Crippen LogP contribution >= 0.6 is 0 Å². The second kappa shape index (κ2) is 13.1. The molecule has 2 heterocycles. The predicted octanol–water partition coefficient (Wildman–Crippen LogP) is 13.3. The summed E-state index contributed by atoms with van der Waals surface area (Å²) < 4.78 is 6.78. The van der Waals surface area contributed by atoms with E-state index in [4.69, 9.17) is 14.4 Å². The number of para-hydroxylation sites is 1. The van der Waals surface area contributed by atoms with Crippen LogP contribution in [-0.4, -0.2) is 11.7 Å². The van der Waals surface area contributed by atoms with E-state index in [1.807, 2.05) is 12.1 Å². The van der Waals surface area contributed by atoms with Gasteiger partial charge in [0, 0.05) is 27.8 Å². The number of amidine groups is 2. The summed E-state index contributed by atoms with van der Waals surface area (Å²) in [5.74, 6) is 1.59. The summed E-state index contributed by atoms with van der Waals surface area (Å²) in [6, 6.07) is 65.6. The number of aliphatic imine (C=N–C) groups is 2. The smallest absolute Gasteiger partial charge is 0.159 e. The van der Waals surface area contributed by atoms with Gasteiger partial charge in [-0.3, -0.25) is 0 Å². The standard InChI is InChI=1S/C54H37N3O/c1-2-14-35(15-3-1)52-55-53(40-23-22-33-12-4-5-16-36(33)29-40)57-54(56-52)47-31-41(32-49-51(47)45-20-10-11-21-48(45)58-49)42-26-25-39-28-37-17-6-7-18-38(37)30-46(39)50-43-19-9-8-13-34(43)24-27-44(42)50/h1-24,27-32,42,53H,25-26H2,(H,55,56,57). The number of hydrogen-bond acceptors (Lipinski definition) is 4. The lowest BCUT2D eigenvalue weighted by atomic mass is 9.82. The van der Waals surface area contributed by atoms with Gasteiger partial charge in [-0.05, 0) is 109 Å². The molecule has 4 nitrogen and oxygen atoms in total. The van der Waals surface area contributed by atoms with Gasteiger partial charge >= 0.3 is 0 Å². The molecule has 274 valence electrons. The molecule has 0 saturated heterocycles. The first-order chi connectivity index (χ1) is 28.7. The molecule has 2 aliphatic rings. The molecule has 0 fully saturated rings. The minimum atomic E-state index is -0.349. The van der Waals surface area contributed by atoms with Crippen LogP contribution in [0.15, 0.2) is 196 Å². The van der Waals surface area contributed by atoms with Gasteiger partial charge in [-0.25, -0.2) is 9.98 Å². The molecular formula is C54H37N3O. The number of aryl methyl sites for hydroxylation is 1. The minimum absolute atomic E-state index is 0.106. The van der Waals surface area contributed by atoms with Crippen molar-refractivity contribution in [2.24, 2.45) is 9.98 Å². The van der Waals surface area contributed by atoms with E-state index in [2.05, 4.69) is 175 Å². The molecule has 2 unspecified atom stereocenters. The fourth-order valence-electron chi connectivity index (χ4n) is 9.52. The molecule has 0 spiro atoms. The van der Waals surface area contributed by atoms with E-state index in [0.29, 0.717) is 5.84 Å². The van der Waals surface area contributed by atoms with Gasteiger partial charge in [0.05, 0.1) is 0 Å². The molecule has 0 radical (unpaired) electrons. The molecule has 0 bridgehead atoms. The van der Waals surface area contributed by atoms with Crippen LogP contribution in [0, 0.1) is 0 Å². The van der Waals surface area contributed by atoms with Crippen molar-refractivity contribution in [3.05, 3.63) is 215 Å². The Morgan fingerprint density at radius 3 is 2.05 bits per heavy atom. The van der Waals surface area contributed by atoms with Crippen LogP contribution in [0.25, 0.3) is 65.4 Å². The SMILES string of the molecule is c1ccc(C2=NC(c3ccc4ccccc4c3)NC(c3cc(C4CCc5cc6ccccc6cc5-c5c4ccc4ccccc54)cc4oc5ccccc5c34)=N2)cc1. The van der Waals surface area contributed by atoms with Gasteiger partial charge in [0.15, 0.2) is 5.84 Å². The molecule has 1 aliphatic carbocycles. The maximum Gasteiger partial charge on any atom is 0.159 e. The molecule has 1 N–H and O–H groups in total. The van der Waals surface area contributed by atoms with Gasteiger partial charge in [0.1, 0.15) is 23.2 Å². The number of furan rings is 1. The zero-order valence-corrected chi connectivity index (χ0v) is 31.7. The van der Waals surface area contributed by atoms with E-state index >= 15 is 0 Å². The van der Waals surface area contributed by atoms with Gasteiger partial charge in [-0.15, -0.1) is 0 Å². The van der Waals surface area contributed by atoms with Crippen molar-refractivity contribution >= 4 is 65.9 Å². The molecule has 2 atom stereocenters. The van der Waals surface area contributed by atoms with Gasteiger partial charge in [-0.2, -0.15) is 0 Å². The van der Waals surface area contributed by atoms with E-state index in [-0.39, 0.29) is 12.1 Å². The fourth-order valence-corrected chi connectivity index (χ4v) is 9.52. The van der Waals surface area contributed by atoms with Crippen LogP contribution in [0.4, 0.5) is 0 Å². The topological polar surface area (TPSA) is 49.9 Å². The highest BCUT2D eigenvalue weighted by Gasteiger charge is 2.30. The molecule has 58 heavy (non-hydrogen) atoms. The van der Waals surface area contributed by atoms with Crippen LogP contribution in [-0.2, 0) is 6.42 Å². The Morgan fingerprint density at radius 1 is 0.517 bits per heavy atom. The third-order valence-electron chi connectivity index (χ3n) is 12.3. The molecule has 4 heteroatoms. The zero-order chi connectivity index (χ0) is 38.2. The predicted molar refractivity (Wildman–Crippen MR) is 240 cm³/mol. The van der Waals surface area contributed by atoms with E-state index in [1.54, 1.807) is 0 Å². The summed E-state index contributed by atoms with van der Waals surface area (Å²) >= 11 is 0. The Hall–Kier alpha value is -7.30. The first-order valence-electron chi connectivity index (χ1n) is 20.2. The second-order valence-corrected chi connectivity index (χ2v) is 15.7. The summed E-state index contributed by atoms with van der Waals surface area (Å²) in [6.07, 6.45) is 1.56. The highest BCUT2D eigenvalue weighted by Crippen LogP contribution is 2.47. The first kappa shape index (κ1) is 32.9. The number of nitrogens with one attached hydrogen (secondary N) is 1. The Labute approximate surface area is 335 Å². The van der Waals surface area contributed by atoms with Crippen molar-refractivity contribution in [1.82, 2.24) is 5.32 Å². The normalized spacial score (nSPS) is 16.5. The third-order valence-corrected chi connectivity index (χ3v) is 12.3. The van der Waals surface area contributed by atoms with Gasteiger partial charge in [0.25, 0.3) is 0 Å². The van der Waals surface area contributed by atoms with Crippen molar-refractivity contribution in [3.8, 4) is 11.1 Å². The molecule has 0 amide bonds. The van der Waals surface area contributed by atoms with Crippen molar-refractivity contribution < 1.29 is 4.42 Å². The molecule has 1 aromatic heterocycles. The van der Waals surface area contributed by atoms with Crippen molar-refractivity contribution in [3.63, 3.8) is 0 Å². The monoisotopic (exact) mass is 743 g/mol. The van der Waals surface area contributed by atoms with Crippen LogP contribution in [0.2, 0.25) is 0 Å². The van der Waals surface area contributed by atoms with Crippen LogP contribution in [0.1, 0.15) is 51.9 Å². The first-order valence-corrected chi connectivity index (χ1v) is 20.2. The van der Waals surface area contributed by atoms with E-state index < -0.39 is 0 Å². The molecule has 1 aliphatic heterocycles. The molecule has 12 rings (SSSR count). The highest BCUT2D eigenvalue weighted by atomic mass is 16.3. The van der Waals surface area contributed by atoms with E-state index in [1.165, 1.54) is 60.1 Å². The van der Waals surface area contributed by atoms with Crippen LogP contribution in [0.5, 0.6) is 0 Å². The molecule has 9 aromatic carbocycles. The fraction of sp³-hybridized carbons (Fsp3) is 0.0741. The Balaban J connectivity index is 1.08. The Kier molecular flexibility index (Phi) is 7.45. The average Bonchev–Trinajstić information content (AvgIpc) is 3.58. The number of fused-ring (bicyclic) bond motifs is 10. The lowest BCUT2D eigenvalue weighted by Gasteiger charge is -2.25. The average molecular weight is 744 g/mol. The molecular weight excluding hydrogens is 707 g/mol. The molecule has 10 aromatic rings. The summed E-state index contributed by atoms with van der Waals surface area (Å²) in [5.41, 5.74) is 11.4. The maximum atomic E-state index is 6.78. The van der Waals surface area contributed by atoms with Gasteiger partial charge in [-0.1, -0.05) is 152 Å². The number of nitrogens with zero attached hydrogens (tertiary/aromatic N) is 2. The largest absolute Gasteiger partial charge is 0.456 e. The van der Waals surface area contributed by atoms with Gasteiger partial charge in [0.2, 0.25) is 0 Å². The van der Waals surface area contributed by atoms with Crippen LogP contribution in [0.3, 0.4) is 0 Å². The number of hydrogen-bond donors (Lipinski definition) is 1. The maximum absolute atomic E-state index is 6.78. The highest BCUT2D eigenvalue weighted by molar-refractivity contribution is 6.22. The van der Waals surface area contributed by atoms with E-state index in [9.17, 15) is 0 Å². The lowest BCUT2D eigenvalue weighted by Crippen LogP contribution is -2.33. The Bertz CT molecular complexity index is 3340. The summed E-state index contributed by atoms with van der Waals surface area (Å²) in [7, 11) is 0. The molecule has 0 saturated carbocycles. The third kappa shape index (κ3) is 5.37. The van der Waals surface area contributed by atoms with Gasteiger partial charge < -0.3 is 9.73 Å². The van der Waals surface area contributed by atoms with Crippen molar-refractivity contribution in [1.29, 1.82) is 0 Å². The Morgan fingerprint density at radius 2 is 1.21 bits per heavy atom. The summed E-state index contributed by atoms with van der Waals surface area (Å²) in [5, 5.41) is 13.4. The minimum Gasteiger partial charge on any atom is -0.456 e. The van der Waals surface area contributed by atoms with Crippen molar-refractivity contribution in [2.75, 3.05) is 0 Å². The van der Waals surface area contributed by atoms with E-state index in [0.717, 1.165) is 57.3 Å². The summed E-state index contributed by atoms with van der Waals surface area (Å²) in [6.45, 7) is 0. The number of rotatable bonds is 4. The zero-order valence-electron chi connectivity index (χ0n) is 31.7. The van der Waals surface area contributed by atoms with Crippen molar-refractivity contribution in [2.45, 2.75) is 24.9 Å². The van der Waals surface area contributed by atoms with Crippen LogP contribution < -0.4 is 5.32 Å². The quantitative estimate of drug-likeness (QED) is 0.195. The summed E-state index contributed by atoms with van der Waals surface area (Å²) in [4.78, 5) is 10.6.